The number of phenols is 1. The first-order chi connectivity index (χ1) is 11.6. The Morgan fingerprint density at radius 3 is 2.24 bits per heavy atom. The Morgan fingerprint density at radius 2 is 1.68 bits per heavy atom. The number of hydrogen-bond acceptors (Lipinski definition) is 4. The molecule has 0 aromatic heterocycles. The van der Waals surface area contributed by atoms with Gasteiger partial charge in [-0.05, 0) is 36.7 Å². The number of phenolic OH excluding ortho intramolecular Hbond substituents is 1. The van der Waals surface area contributed by atoms with Gasteiger partial charge in [-0.3, -0.25) is 0 Å². The summed E-state index contributed by atoms with van der Waals surface area (Å²) in [6.45, 7) is 11.7. The molecule has 0 saturated heterocycles. The predicted molar refractivity (Wildman–Crippen MR) is 106 cm³/mol. The average Bonchev–Trinajstić information content (AvgIpc) is 2.55. The van der Waals surface area contributed by atoms with Crippen LogP contribution in [-0.4, -0.2) is 34.3 Å². The largest absolute Gasteiger partial charge is 0.507 e. The molecule has 1 N–H and O–H groups in total. The van der Waals surface area contributed by atoms with E-state index in [1.54, 1.807) is 14.2 Å². The van der Waals surface area contributed by atoms with Crippen molar-refractivity contribution in [2.45, 2.75) is 45.3 Å². The minimum absolute atomic E-state index is 0.170. The van der Waals surface area contributed by atoms with Crippen molar-refractivity contribution in [1.29, 1.82) is 0 Å². The van der Waals surface area contributed by atoms with Crippen molar-refractivity contribution in [3.63, 3.8) is 0 Å². The Bertz CT molecular complexity index is 747. The zero-order valence-electron chi connectivity index (χ0n) is 16.4. The van der Waals surface area contributed by atoms with E-state index in [4.69, 9.17) is 13.9 Å². The maximum atomic E-state index is 10.7. The first-order valence-corrected chi connectivity index (χ1v) is 11.5. The fourth-order valence-electron chi connectivity index (χ4n) is 2.61. The molecule has 0 saturated carbocycles. The van der Waals surface area contributed by atoms with Crippen LogP contribution in [0.1, 0.15) is 26.3 Å². The quantitative estimate of drug-likeness (QED) is 0.724. The van der Waals surface area contributed by atoms with Gasteiger partial charge in [-0.2, -0.15) is 0 Å². The molecular formula is C20H30O4Si. The number of hydrogen-bond donors (Lipinski definition) is 1. The van der Waals surface area contributed by atoms with E-state index < -0.39 is 8.32 Å². The minimum Gasteiger partial charge on any atom is -0.507 e. The van der Waals surface area contributed by atoms with E-state index in [0.717, 1.165) is 16.3 Å². The van der Waals surface area contributed by atoms with Gasteiger partial charge in [-0.15, -0.1) is 0 Å². The topological polar surface area (TPSA) is 47.9 Å². The third-order valence-corrected chi connectivity index (χ3v) is 9.76. The highest BCUT2D eigenvalue weighted by Crippen LogP contribution is 2.41. The molecule has 0 aliphatic heterocycles. The third kappa shape index (κ3) is 3.93. The van der Waals surface area contributed by atoms with Gasteiger partial charge in [-0.25, -0.2) is 0 Å². The number of ether oxygens (including phenoxy) is 2. The molecule has 0 unspecified atom stereocenters. The summed E-state index contributed by atoms with van der Waals surface area (Å²) in [4.78, 5) is 0. The van der Waals surface area contributed by atoms with Crippen molar-refractivity contribution < 1.29 is 19.0 Å². The van der Waals surface area contributed by atoms with E-state index in [1.165, 1.54) is 0 Å². The number of aromatic hydroxyl groups is 1. The van der Waals surface area contributed by atoms with Gasteiger partial charge in [0.1, 0.15) is 17.2 Å². The molecule has 0 fully saturated rings. The van der Waals surface area contributed by atoms with Crippen molar-refractivity contribution in [3.8, 4) is 17.2 Å². The van der Waals surface area contributed by atoms with E-state index in [2.05, 4.69) is 33.9 Å². The molecule has 0 aliphatic carbocycles. The molecule has 0 amide bonds. The SMILES string of the molecule is COc1cccc2c(O)c(CCO[Si](C)(C)C(C)(C)C)cc(OC)c12. The van der Waals surface area contributed by atoms with E-state index in [1.807, 2.05) is 24.3 Å². The number of methoxy groups -OCH3 is 2. The summed E-state index contributed by atoms with van der Waals surface area (Å²) < 4.78 is 17.2. The Morgan fingerprint density at radius 1 is 1.04 bits per heavy atom. The molecule has 2 rings (SSSR count). The molecule has 4 nitrogen and oxygen atoms in total. The summed E-state index contributed by atoms with van der Waals surface area (Å²) >= 11 is 0. The summed E-state index contributed by atoms with van der Waals surface area (Å²) in [7, 11) is 1.45. The van der Waals surface area contributed by atoms with E-state index in [-0.39, 0.29) is 10.8 Å². The average molecular weight is 363 g/mol. The van der Waals surface area contributed by atoms with Gasteiger partial charge in [-0.1, -0.05) is 32.9 Å². The molecule has 5 heteroatoms. The second-order valence-corrected chi connectivity index (χ2v) is 12.6. The lowest BCUT2D eigenvalue weighted by atomic mass is 10.0. The van der Waals surface area contributed by atoms with Crippen LogP contribution >= 0.6 is 0 Å². The molecule has 2 aromatic rings. The summed E-state index contributed by atoms with van der Waals surface area (Å²) in [5.41, 5.74) is 0.830. The maximum Gasteiger partial charge on any atom is 0.191 e. The zero-order valence-corrected chi connectivity index (χ0v) is 17.4. The molecule has 0 bridgehead atoms. The highest BCUT2D eigenvalue weighted by Gasteiger charge is 2.36. The van der Waals surface area contributed by atoms with Crippen LogP contribution in [0.25, 0.3) is 10.8 Å². The second-order valence-electron chi connectivity index (χ2n) is 7.83. The van der Waals surface area contributed by atoms with Crippen LogP contribution in [0.2, 0.25) is 18.1 Å². The molecule has 25 heavy (non-hydrogen) atoms. The van der Waals surface area contributed by atoms with Crippen LogP contribution in [-0.2, 0) is 10.8 Å². The smallest absolute Gasteiger partial charge is 0.191 e. The standard InChI is InChI=1S/C20H30O4Si/c1-20(2,3)25(6,7)24-12-11-14-13-17(23-5)18-15(19(14)21)9-8-10-16(18)22-4/h8-10,13,21H,11-12H2,1-7H3. The lowest BCUT2D eigenvalue weighted by molar-refractivity contribution is 0.290. The van der Waals surface area contributed by atoms with E-state index in [9.17, 15) is 5.11 Å². The molecule has 2 aromatic carbocycles. The fourth-order valence-corrected chi connectivity index (χ4v) is 3.65. The van der Waals surface area contributed by atoms with Crippen molar-refractivity contribution in [2.75, 3.05) is 20.8 Å². The second kappa shape index (κ2) is 7.26. The number of rotatable bonds is 6. The van der Waals surface area contributed by atoms with Crippen LogP contribution in [0.15, 0.2) is 24.3 Å². The first kappa shape index (κ1) is 19.6. The Balaban J connectivity index is 2.33. The third-order valence-electron chi connectivity index (χ3n) is 5.22. The maximum absolute atomic E-state index is 10.7. The van der Waals surface area contributed by atoms with E-state index in [0.29, 0.717) is 24.5 Å². The predicted octanol–water partition coefficient (Wildman–Crippen LogP) is 5.13. The monoisotopic (exact) mass is 362 g/mol. The highest BCUT2D eigenvalue weighted by atomic mass is 28.4. The molecule has 138 valence electrons. The Kier molecular flexibility index (Phi) is 5.69. The summed E-state index contributed by atoms with van der Waals surface area (Å²) in [6.07, 6.45) is 0.641. The van der Waals surface area contributed by atoms with Gasteiger partial charge in [0.05, 0.1) is 19.6 Å². The summed E-state index contributed by atoms with van der Waals surface area (Å²) in [5, 5.41) is 12.4. The summed E-state index contributed by atoms with van der Waals surface area (Å²) in [6, 6.07) is 7.50. The minimum atomic E-state index is -1.80. The van der Waals surface area contributed by atoms with Crippen molar-refractivity contribution in [1.82, 2.24) is 0 Å². The van der Waals surface area contributed by atoms with Crippen LogP contribution < -0.4 is 9.47 Å². The highest BCUT2D eigenvalue weighted by molar-refractivity contribution is 6.74. The number of benzene rings is 2. The van der Waals surface area contributed by atoms with Crippen molar-refractivity contribution in [2.24, 2.45) is 0 Å². The Hall–Kier alpha value is -1.72. The fraction of sp³-hybridized carbons (Fsp3) is 0.500. The normalized spacial score (nSPS) is 12.4. The van der Waals surface area contributed by atoms with Gasteiger partial charge < -0.3 is 19.0 Å². The molecular weight excluding hydrogens is 332 g/mol. The van der Waals surface area contributed by atoms with E-state index >= 15 is 0 Å². The van der Waals surface area contributed by atoms with Crippen LogP contribution in [0.5, 0.6) is 17.2 Å². The summed E-state index contributed by atoms with van der Waals surface area (Å²) in [5.74, 6) is 1.66. The number of fused-ring (bicyclic) bond motifs is 1. The molecule has 0 spiro atoms. The van der Waals surface area contributed by atoms with Gasteiger partial charge in [0, 0.05) is 17.6 Å². The van der Waals surface area contributed by atoms with Crippen LogP contribution in [0.3, 0.4) is 0 Å². The zero-order chi connectivity index (χ0) is 18.8. The molecule has 0 atom stereocenters. The van der Waals surface area contributed by atoms with Gasteiger partial charge >= 0.3 is 0 Å². The van der Waals surface area contributed by atoms with Crippen LogP contribution in [0, 0.1) is 0 Å². The van der Waals surface area contributed by atoms with Crippen molar-refractivity contribution in [3.05, 3.63) is 29.8 Å². The van der Waals surface area contributed by atoms with Crippen LogP contribution in [0.4, 0.5) is 0 Å². The lowest BCUT2D eigenvalue weighted by Crippen LogP contribution is -2.41. The van der Waals surface area contributed by atoms with Gasteiger partial charge in [0.15, 0.2) is 8.32 Å². The molecule has 0 aliphatic rings. The molecule has 0 heterocycles. The van der Waals surface area contributed by atoms with Crippen molar-refractivity contribution >= 4 is 19.1 Å². The Labute approximate surface area is 151 Å². The lowest BCUT2D eigenvalue weighted by Gasteiger charge is -2.36. The van der Waals surface area contributed by atoms with Gasteiger partial charge in [0.25, 0.3) is 0 Å². The first-order valence-electron chi connectivity index (χ1n) is 8.62. The molecule has 0 radical (unpaired) electrons. The van der Waals surface area contributed by atoms with Gasteiger partial charge in [0.2, 0.25) is 0 Å².